The summed E-state index contributed by atoms with van der Waals surface area (Å²) in [5.74, 6) is 0.748. The normalized spacial score (nSPS) is 14.1. The van der Waals surface area contributed by atoms with Crippen molar-refractivity contribution in [2.45, 2.75) is 32.6 Å². The second-order valence-corrected chi connectivity index (χ2v) is 4.37. The molecule has 0 unspecified atom stereocenters. The lowest BCUT2D eigenvalue weighted by atomic mass is 10.00. The zero-order valence-electron chi connectivity index (χ0n) is 10.6. The SMILES string of the molecule is CCc1cc2c(cc1CCC(=O)O)OCCCO2. The zero-order valence-corrected chi connectivity index (χ0v) is 10.6. The highest BCUT2D eigenvalue weighted by atomic mass is 16.5. The molecule has 1 aliphatic heterocycles. The molecule has 0 aliphatic carbocycles. The standard InChI is InChI=1S/C14H18O4/c1-2-10-8-12-13(18-7-3-6-17-12)9-11(10)4-5-14(15)16/h8-9H,2-7H2,1H3,(H,15,16). The number of hydrogen-bond donors (Lipinski definition) is 1. The highest BCUT2D eigenvalue weighted by molar-refractivity contribution is 5.67. The van der Waals surface area contributed by atoms with Crippen LogP contribution in [0.5, 0.6) is 11.5 Å². The Labute approximate surface area is 107 Å². The van der Waals surface area contributed by atoms with Gasteiger partial charge in [0.05, 0.1) is 13.2 Å². The molecule has 0 atom stereocenters. The molecule has 0 aromatic heterocycles. The smallest absolute Gasteiger partial charge is 0.303 e. The summed E-state index contributed by atoms with van der Waals surface area (Å²) in [5, 5.41) is 8.77. The van der Waals surface area contributed by atoms with Gasteiger partial charge in [0.15, 0.2) is 11.5 Å². The number of carboxylic acid groups (broad SMARTS) is 1. The number of aliphatic carboxylic acids is 1. The van der Waals surface area contributed by atoms with Crippen LogP contribution in [0.1, 0.15) is 30.9 Å². The molecule has 1 aromatic carbocycles. The van der Waals surface area contributed by atoms with Gasteiger partial charge in [-0.3, -0.25) is 4.79 Å². The predicted octanol–water partition coefficient (Wildman–Crippen LogP) is 2.43. The molecule has 0 saturated heterocycles. The Hall–Kier alpha value is -1.71. The molecule has 0 radical (unpaired) electrons. The number of carboxylic acids is 1. The monoisotopic (exact) mass is 250 g/mol. The first-order valence-electron chi connectivity index (χ1n) is 6.34. The van der Waals surface area contributed by atoms with Crippen LogP contribution in [0.25, 0.3) is 0 Å². The Kier molecular flexibility index (Phi) is 4.07. The van der Waals surface area contributed by atoms with Crippen molar-refractivity contribution in [1.82, 2.24) is 0 Å². The largest absolute Gasteiger partial charge is 0.490 e. The number of fused-ring (bicyclic) bond motifs is 1. The van der Waals surface area contributed by atoms with E-state index in [2.05, 4.69) is 6.92 Å². The minimum Gasteiger partial charge on any atom is -0.490 e. The van der Waals surface area contributed by atoms with Crippen molar-refractivity contribution in [3.05, 3.63) is 23.3 Å². The second kappa shape index (κ2) is 5.76. The summed E-state index contributed by atoms with van der Waals surface area (Å²) in [6.07, 6.45) is 2.42. The average Bonchev–Trinajstić information content (AvgIpc) is 2.59. The summed E-state index contributed by atoms with van der Waals surface area (Å²) in [6.45, 7) is 3.38. The molecule has 18 heavy (non-hydrogen) atoms. The molecule has 1 aliphatic rings. The van der Waals surface area contributed by atoms with Gasteiger partial charge in [0, 0.05) is 12.8 Å². The second-order valence-electron chi connectivity index (χ2n) is 4.37. The Morgan fingerprint density at radius 3 is 2.39 bits per heavy atom. The van der Waals surface area contributed by atoms with E-state index in [4.69, 9.17) is 14.6 Å². The van der Waals surface area contributed by atoms with E-state index in [1.807, 2.05) is 12.1 Å². The molecule has 98 valence electrons. The van der Waals surface area contributed by atoms with E-state index < -0.39 is 5.97 Å². The highest BCUT2D eigenvalue weighted by Gasteiger charge is 2.14. The van der Waals surface area contributed by atoms with Gasteiger partial charge in [0.2, 0.25) is 0 Å². The van der Waals surface area contributed by atoms with Crippen LogP contribution in [-0.4, -0.2) is 24.3 Å². The molecule has 0 spiro atoms. The van der Waals surface area contributed by atoms with Crippen LogP contribution >= 0.6 is 0 Å². The summed E-state index contributed by atoms with van der Waals surface area (Å²) < 4.78 is 11.3. The number of carbonyl (C=O) groups is 1. The van der Waals surface area contributed by atoms with Crippen LogP contribution in [0.15, 0.2) is 12.1 Å². The summed E-state index contributed by atoms with van der Waals surface area (Å²) >= 11 is 0. The molecule has 2 rings (SSSR count). The van der Waals surface area contributed by atoms with E-state index in [-0.39, 0.29) is 6.42 Å². The van der Waals surface area contributed by atoms with Gasteiger partial charge in [-0.2, -0.15) is 0 Å². The first-order chi connectivity index (χ1) is 8.70. The van der Waals surface area contributed by atoms with Crippen LogP contribution in [0.2, 0.25) is 0 Å². The van der Waals surface area contributed by atoms with Crippen molar-refractivity contribution < 1.29 is 19.4 Å². The Morgan fingerprint density at radius 2 is 1.83 bits per heavy atom. The number of rotatable bonds is 4. The fourth-order valence-corrected chi connectivity index (χ4v) is 2.10. The van der Waals surface area contributed by atoms with Gasteiger partial charge in [-0.15, -0.1) is 0 Å². The van der Waals surface area contributed by atoms with Crippen molar-refractivity contribution in [2.75, 3.05) is 13.2 Å². The fraction of sp³-hybridized carbons (Fsp3) is 0.500. The number of hydrogen-bond acceptors (Lipinski definition) is 3. The number of ether oxygens (including phenoxy) is 2. The number of aryl methyl sites for hydroxylation is 2. The van der Waals surface area contributed by atoms with Crippen molar-refractivity contribution in [2.24, 2.45) is 0 Å². The van der Waals surface area contributed by atoms with Gasteiger partial charge in [-0.1, -0.05) is 6.92 Å². The van der Waals surface area contributed by atoms with Crippen molar-refractivity contribution >= 4 is 5.97 Å². The van der Waals surface area contributed by atoms with Gasteiger partial charge in [-0.05, 0) is 36.1 Å². The summed E-state index contributed by atoms with van der Waals surface area (Å²) in [4.78, 5) is 10.7. The lowest BCUT2D eigenvalue weighted by molar-refractivity contribution is -0.136. The maximum Gasteiger partial charge on any atom is 0.303 e. The molecule has 1 aromatic rings. The maximum absolute atomic E-state index is 10.7. The van der Waals surface area contributed by atoms with Crippen LogP contribution in [-0.2, 0) is 17.6 Å². The van der Waals surface area contributed by atoms with Crippen LogP contribution < -0.4 is 9.47 Å². The third-order valence-corrected chi connectivity index (χ3v) is 3.06. The minimum absolute atomic E-state index is 0.145. The first-order valence-corrected chi connectivity index (χ1v) is 6.34. The van der Waals surface area contributed by atoms with Gasteiger partial charge in [-0.25, -0.2) is 0 Å². The van der Waals surface area contributed by atoms with Gasteiger partial charge < -0.3 is 14.6 Å². The quantitative estimate of drug-likeness (QED) is 0.891. The Balaban J connectivity index is 2.27. The Morgan fingerprint density at radius 1 is 1.22 bits per heavy atom. The van der Waals surface area contributed by atoms with E-state index in [1.165, 1.54) is 0 Å². The number of benzene rings is 1. The fourth-order valence-electron chi connectivity index (χ4n) is 2.10. The third kappa shape index (κ3) is 2.94. The molecule has 0 fully saturated rings. The molecule has 4 heteroatoms. The topological polar surface area (TPSA) is 55.8 Å². The molecular formula is C14H18O4. The molecule has 1 heterocycles. The third-order valence-electron chi connectivity index (χ3n) is 3.06. The van der Waals surface area contributed by atoms with Gasteiger partial charge in [0.1, 0.15) is 0 Å². The van der Waals surface area contributed by atoms with Crippen molar-refractivity contribution in [3.8, 4) is 11.5 Å². The summed E-state index contributed by atoms with van der Waals surface area (Å²) in [6, 6.07) is 3.92. The first kappa shape index (κ1) is 12.7. The minimum atomic E-state index is -0.774. The van der Waals surface area contributed by atoms with E-state index >= 15 is 0 Å². The predicted molar refractivity (Wildman–Crippen MR) is 67.4 cm³/mol. The van der Waals surface area contributed by atoms with Crippen LogP contribution in [0.3, 0.4) is 0 Å². The van der Waals surface area contributed by atoms with Crippen LogP contribution in [0.4, 0.5) is 0 Å². The van der Waals surface area contributed by atoms with Crippen molar-refractivity contribution in [1.29, 1.82) is 0 Å². The molecular weight excluding hydrogens is 232 g/mol. The van der Waals surface area contributed by atoms with Crippen LogP contribution in [0, 0.1) is 0 Å². The van der Waals surface area contributed by atoms with E-state index in [0.29, 0.717) is 19.6 Å². The molecule has 0 amide bonds. The molecule has 4 nitrogen and oxygen atoms in total. The van der Waals surface area contributed by atoms with Crippen molar-refractivity contribution in [3.63, 3.8) is 0 Å². The molecule has 0 saturated carbocycles. The van der Waals surface area contributed by atoms with Gasteiger partial charge in [0.25, 0.3) is 0 Å². The lowest BCUT2D eigenvalue weighted by Gasteiger charge is -2.13. The van der Waals surface area contributed by atoms with E-state index in [0.717, 1.165) is 35.5 Å². The average molecular weight is 250 g/mol. The zero-order chi connectivity index (χ0) is 13.0. The van der Waals surface area contributed by atoms with E-state index in [9.17, 15) is 4.79 Å². The molecule has 0 bridgehead atoms. The highest BCUT2D eigenvalue weighted by Crippen LogP contribution is 2.33. The summed E-state index contributed by atoms with van der Waals surface area (Å²) in [7, 11) is 0. The lowest BCUT2D eigenvalue weighted by Crippen LogP contribution is -2.02. The summed E-state index contributed by atoms with van der Waals surface area (Å²) in [5.41, 5.74) is 2.18. The maximum atomic E-state index is 10.7. The van der Waals surface area contributed by atoms with Gasteiger partial charge >= 0.3 is 5.97 Å². The molecule has 1 N–H and O–H groups in total. The van der Waals surface area contributed by atoms with E-state index in [1.54, 1.807) is 0 Å². The Bertz CT molecular complexity index is 440.